The number of carbonyl (C=O) groups is 3. The Balaban J connectivity index is 1.20. The predicted octanol–water partition coefficient (Wildman–Crippen LogP) is 1.19. The summed E-state index contributed by atoms with van der Waals surface area (Å²) in [5, 5.41) is 0. The molecule has 0 radical (unpaired) electrons. The van der Waals surface area contributed by atoms with Gasteiger partial charge < -0.3 is 19.3 Å². The van der Waals surface area contributed by atoms with Crippen LogP contribution >= 0.6 is 0 Å². The van der Waals surface area contributed by atoms with E-state index in [1.54, 1.807) is 23.1 Å². The molecule has 4 rings (SSSR count). The number of hydrogen-bond donors (Lipinski definition) is 0. The Hall–Kier alpha value is -2.61. The van der Waals surface area contributed by atoms with Crippen LogP contribution in [0.1, 0.15) is 36.0 Å². The van der Waals surface area contributed by atoms with Gasteiger partial charge in [0, 0.05) is 57.7 Å². The summed E-state index contributed by atoms with van der Waals surface area (Å²) in [6.45, 7) is 5.75. The third kappa shape index (κ3) is 4.92. The number of fused-ring (bicyclic) bond motifs is 1. The number of nitrogens with zero attached hydrogens (tertiary/aromatic N) is 3. The fourth-order valence-corrected chi connectivity index (χ4v) is 4.15. The van der Waals surface area contributed by atoms with Gasteiger partial charge in [-0.25, -0.2) is 0 Å². The molecule has 0 aromatic heterocycles. The fourth-order valence-electron chi connectivity index (χ4n) is 4.15. The van der Waals surface area contributed by atoms with Gasteiger partial charge in [0.1, 0.15) is 13.2 Å². The summed E-state index contributed by atoms with van der Waals surface area (Å²) in [6.07, 6.45) is 2.56. The number of piperazine rings is 1. The SMILES string of the molecule is O=C(CCC(=O)N1CCN(CC(=O)N2CCCC2)CC1)c1ccc2c(c1)OCCO2. The summed E-state index contributed by atoms with van der Waals surface area (Å²) in [7, 11) is 0. The van der Waals surface area contributed by atoms with Gasteiger partial charge in [0.25, 0.3) is 0 Å². The topological polar surface area (TPSA) is 79.4 Å². The van der Waals surface area contributed by atoms with Crippen molar-refractivity contribution < 1.29 is 23.9 Å². The molecule has 1 aromatic rings. The molecule has 3 aliphatic heterocycles. The maximum absolute atomic E-state index is 12.5. The molecule has 1 aromatic carbocycles. The first kappa shape index (κ1) is 20.7. The number of rotatable bonds is 6. The summed E-state index contributed by atoms with van der Waals surface area (Å²) >= 11 is 0. The minimum Gasteiger partial charge on any atom is -0.486 e. The lowest BCUT2D eigenvalue weighted by Crippen LogP contribution is -2.51. The van der Waals surface area contributed by atoms with Crippen molar-refractivity contribution in [2.24, 2.45) is 0 Å². The highest BCUT2D eigenvalue weighted by atomic mass is 16.6. The van der Waals surface area contributed by atoms with Gasteiger partial charge >= 0.3 is 0 Å². The minimum absolute atomic E-state index is 0.00795. The van der Waals surface area contributed by atoms with E-state index in [1.807, 2.05) is 4.90 Å². The molecular formula is C22H29N3O5. The molecule has 0 saturated carbocycles. The Labute approximate surface area is 176 Å². The Kier molecular flexibility index (Phi) is 6.52. The average Bonchev–Trinajstić information content (AvgIpc) is 3.32. The molecular weight excluding hydrogens is 386 g/mol. The Morgan fingerprint density at radius 1 is 0.767 bits per heavy atom. The normalized spacial score (nSPS) is 19.1. The lowest BCUT2D eigenvalue weighted by atomic mass is 10.1. The number of carbonyl (C=O) groups excluding carboxylic acids is 3. The molecule has 8 heteroatoms. The molecule has 0 aliphatic carbocycles. The Morgan fingerprint density at radius 2 is 1.43 bits per heavy atom. The van der Waals surface area contributed by atoms with Crippen LogP contribution in [0.5, 0.6) is 11.5 Å². The number of hydrogen-bond acceptors (Lipinski definition) is 6. The third-order valence-corrected chi connectivity index (χ3v) is 5.97. The second-order valence-electron chi connectivity index (χ2n) is 8.03. The highest BCUT2D eigenvalue weighted by molar-refractivity contribution is 5.98. The van der Waals surface area contributed by atoms with E-state index in [0.717, 1.165) is 25.9 Å². The van der Waals surface area contributed by atoms with Crippen LogP contribution in [0.15, 0.2) is 18.2 Å². The first-order valence-electron chi connectivity index (χ1n) is 10.8. The standard InChI is InChI=1S/C22H29N3O5/c26-18(17-3-5-19-20(15-17)30-14-13-29-19)4-6-21(27)25-11-9-23(10-12-25)16-22(28)24-7-1-2-8-24/h3,5,15H,1-2,4,6-14,16H2. The Morgan fingerprint density at radius 3 is 2.17 bits per heavy atom. The van der Waals surface area contributed by atoms with E-state index in [-0.39, 0.29) is 30.4 Å². The van der Waals surface area contributed by atoms with Gasteiger partial charge in [-0.2, -0.15) is 0 Å². The second kappa shape index (κ2) is 9.47. The van der Waals surface area contributed by atoms with Gasteiger partial charge in [0.15, 0.2) is 17.3 Å². The molecule has 30 heavy (non-hydrogen) atoms. The van der Waals surface area contributed by atoms with Crippen LogP contribution in [0.4, 0.5) is 0 Å². The molecule has 0 bridgehead atoms. The molecule has 3 aliphatic rings. The number of ether oxygens (including phenoxy) is 2. The third-order valence-electron chi connectivity index (χ3n) is 5.97. The van der Waals surface area contributed by atoms with Gasteiger partial charge in [0.05, 0.1) is 6.54 Å². The van der Waals surface area contributed by atoms with Gasteiger partial charge in [-0.15, -0.1) is 0 Å². The van der Waals surface area contributed by atoms with Crippen LogP contribution in [-0.2, 0) is 9.59 Å². The van der Waals surface area contributed by atoms with Crippen molar-refractivity contribution in [3.63, 3.8) is 0 Å². The van der Waals surface area contributed by atoms with Crippen molar-refractivity contribution in [3.05, 3.63) is 23.8 Å². The van der Waals surface area contributed by atoms with Crippen molar-refractivity contribution in [2.45, 2.75) is 25.7 Å². The average molecular weight is 415 g/mol. The van der Waals surface area contributed by atoms with E-state index in [2.05, 4.69) is 4.90 Å². The lowest BCUT2D eigenvalue weighted by molar-refractivity contribution is -0.134. The summed E-state index contributed by atoms with van der Waals surface area (Å²) < 4.78 is 11.0. The van der Waals surface area contributed by atoms with Crippen LogP contribution < -0.4 is 9.47 Å². The molecule has 0 N–H and O–H groups in total. The van der Waals surface area contributed by atoms with E-state index >= 15 is 0 Å². The molecule has 3 heterocycles. The maximum Gasteiger partial charge on any atom is 0.236 e. The molecule has 2 amide bonds. The molecule has 2 saturated heterocycles. The number of likely N-dealkylation sites (tertiary alicyclic amines) is 1. The van der Waals surface area contributed by atoms with Crippen LogP contribution in [0, 0.1) is 0 Å². The van der Waals surface area contributed by atoms with E-state index in [9.17, 15) is 14.4 Å². The highest BCUT2D eigenvalue weighted by Crippen LogP contribution is 2.31. The minimum atomic E-state index is -0.0739. The first-order valence-corrected chi connectivity index (χ1v) is 10.8. The summed E-state index contributed by atoms with van der Waals surface area (Å²) in [5.41, 5.74) is 0.539. The van der Waals surface area contributed by atoms with Crippen molar-refractivity contribution in [3.8, 4) is 11.5 Å². The maximum atomic E-state index is 12.5. The number of benzene rings is 1. The van der Waals surface area contributed by atoms with Gasteiger partial charge in [-0.3, -0.25) is 19.3 Å². The zero-order valence-corrected chi connectivity index (χ0v) is 17.3. The van der Waals surface area contributed by atoms with Crippen molar-refractivity contribution in [2.75, 3.05) is 59.0 Å². The van der Waals surface area contributed by atoms with Gasteiger partial charge in [-0.1, -0.05) is 0 Å². The highest BCUT2D eigenvalue weighted by Gasteiger charge is 2.25. The molecule has 162 valence electrons. The van der Waals surface area contributed by atoms with Gasteiger partial charge in [-0.05, 0) is 31.0 Å². The molecule has 0 atom stereocenters. The fraction of sp³-hybridized carbons (Fsp3) is 0.591. The van der Waals surface area contributed by atoms with Crippen LogP contribution in [0.2, 0.25) is 0 Å². The molecule has 2 fully saturated rings. The molecule has 0 unspecified atom stereocenters. The molecule has 0 spiro atoms. The van der Waals surface area contributed by atoms with E-state index in [4.69, 9.17) is 9.47 Å². The Bertz CT molecular complexity index is 798. The lowest BCUT2D eigenvalue weighted by Gasteiger charge is -2.35. The van der Waals surface area contributed by atoms with Crippen molar-refractivity contribution >= 4 is 17.6 Å². The largest absolute Gasteiger partial charge is 0.486 e. The van der Waals surface area contributed by atoms with Crippen LogP contribution in [0.25, 0.3) is 0 Å². The first-order chi connectivity index (χ1) is 14.6. The van der Waals surface area contributed by atoms with Gasteiger partial charge in [0.2, 0.25) is 11.8 Å². The van der Waals surface area contributed by atoms with Crippen LogP contribution in [0.3, 0.4) is 0 Å². The number of ketones is 1. The quantitative estimate of drug-likeness (QED) is 0.650. The summed E-state index contributed by atoms with van der Waals surface area (Å²) in [5.74, 6) is 1.34. The smallest absolute Gasteiger partial charge is 0.236 e. The molecule has 8 nitrogen and oxygen atoms in total. The monoisotopic (exact) mass is 415 g/mol. The second-order valence-corrected chi connectivity index (χ2v) is 8.03. The number of amides is 2. The van der Waals surface area contributed by atoms with E-state index < -0.39 is 0 Å². The van der Waals surface area contributed by atoms with E-state index in [1.165, 1.54) is 0 Å². The summed E-state index contributed by atoms with van der Waals surface area (Å²) in [6, 6.07) is 5.15. The van der Waals surface area contributed by atoms with Crippen molar-refractivity contribution in [1.29, 1.82) is 0 Å². The van der Waals surface area contributed by atoms with Crippen molar-refractivity contribution in [1.82, 2.24) is 14.7 Å². The zero-order chi connectivity index (χ0) is 20.9. The van der Waals surface area contributed by atoms with Crippen LogP contribution in [-0.4, -0.2) is 91.3 Å². The zero-order valence-electron chi connectivity index (χ0n) is 17.3. The predicted molar refractivity (Wildman–Crippen MR) is 110 cm³/mol. The number of Topliss-reactive ketones (excluding diaryl/α,β-unsaturated/α-hetero) is 1. The van der Waals surface area contributed by atoms with E-state index in [0.29, 0.717) is 63.0 Å². The summed E-state index contributed by atoms with van der Waals surface area (Å²) in [4.78, 5) is 43.2.